The molecule has 0 spiro atoms. The molecule has 0 fully saturated rings. The van der Waals surface area contributed by atoms with Crippen LogP contribution in [0.5, 0.6) is 0 Å². The number of allylic oxidation sites excluding steroid dienone is 2. The maximum Gasteiger partial charge on any atom is 0.158 e. The number of hydrogen-bond donors (Lipinski definition) is 1. The summed E-state index contributed by atoms with van der Waals surface area (Å²) in [5.74, 6) is 1.43. The van der Waals surface area contributed by atoms with Gasteiger partial charge in [0.1, 0.15) is 11.9 Å². The summed E-state index contributed by atoms with van der Waals surface area (Å²) in [6.07, 6.45) is 11.1. The standard InChI is InChI=1S/C12H14N4/c13-6-11-8-16-12(9-14-11)15-7-10-4-2-1-3-5-10/h1-2,8-10H,3-5,7H2,(H,15,16). The molecule has 16 heavy (non-hydrogen) atoms. The number of hydrogen-bond acceptors (Lipinski definition) is 4. The van der Waals surface area contributed by atoms with E-state index in [1.807, 2.05) is 6.07 Å². The number of aromatic nitrogens is 2. The quantitative estimate of drug-likeness (QED) is 0.783. The van der Waals surface area contributed by atoms with E-state index in [4.69, 9.17) is 5.26 Å². The largest absolute Gasteiger partial charge is 0.369 e. The van der Waals surface area contributed by atoms with Crippen molar-refractivity contribution in [1.29, 1.82) is 5.26 Å². The highest BCUT2D eigenvalue weighted by molar-refractivity contribution is 5.33. The average molecular weight is 214 g/mol. The van der Waals surface area contributed by atoms with Gasteiger partial charge in [0.05, 0.1) is 12.4 Å². The second kappa shape index (κ2) is 5.26. The minimum atomic E-state index is 0.353. The topological polar surface area (TPSA) is 61.6 Å². The summed E-state index contributed by atoms with van der Waals surface area (Å²) in [6, 6.07) is 1.95. The van der Waals surface area contributed by atoms with Gasteiger partial charge in [-0.05, 0) is 25.2 Å². The molecule has 1 N–H and O–H groups in total. The van der Waals surface area contributed by atoms with Gasteiger partial charge >= 0.3 is 0 Å². The van der Waals surface area contributed by atoms with E-state index in [1.54, 1.807) is 6.20 Å². The molecule has 1 atom stereocenters. The molecule has 4 heteroatoms. The van der Waals surface area contributed by atoms with Crippen LogP contribution in [-0.4, -0.2) is 16.5 Å². The molecule has 1 unspecified atom stereocenters. The molecular formula is C12H14N4. The van der Waals surface area contributed by atoms with Gasteiger partial charge in [0.25, 0.3) is 0 Å². The molecule has 0 radical (unpaired) electrons. The van der Waals surface area contributed by atoms with Gasteiger partial charge in [-0.1, -0.05) is 12.2 Å². The van der Waals surface area contributed by atoms with Crippen LogP contribution in [0.25, 0.3) is 0 Å². The van der Waals surface area contributed by atoms with E-state index < -0.39 is 0 Å². The molecule has 0 aliphatic heterocycles. The summed E-state index contributed by atoms with van der Waals surface area (Å²) >= 11 is 0. The Hall–Kier alpha value is -1.89. The highest BCUT2D eigenvalue weighted by Crippen LogP contribution is 2.18. The van der Waals surface area contributed by atoms with Crippen molar-refractivity contribution in [3.05, 3.63) is 30.2 Å². The minimum Gasteiger partial charge on any atom is -0.369 e. The lowest BCUT2D eigenvalue weighted by molar-refractivity contribution is 0.503. The Morgan fingerprint density at radius 1 is 1.38 bits per heavy atom. The molecule has 1 aliphatic rings. The van der Waals surface area contributed by atoms with Crippen molar-refractivity contribution in [3.8, 4) is 6.07 Å². The number of nitriles is 1. The molecule has 1 aliphatic carbocycles. The van der Waals surface area contributed by atoms with Crippen LogP contribution in [0.4, 0.5) is 5.82 Å². The predicted molar refractivity (Wildman–Crippen MR) is 61.7 cm³/mol. The first-order valence-corrected chi connectivity index (χ1v) is 5.49. The zero-order valence-electron chi connectivity index (χ0n) is 9.06. The van der Waals surface area contributed by atoms with Crippen molar-refractivity contribution < 1.29 is 0 Å². The van der Waals surface area contributed by atoms with E-state index in [9.17, 15) is 0 Å². The molecule has 1 aromatic heterocycles. The van der Waals surface area contributed by atoms with Crippen LogP contribution in [0.15, 0.2) is 24.5 Å². The van der Waals surface area contributed by atoms with Crippen LogP contribution in [0, 0.1) is 17.2 Å². The summed E-state index contributed by atoms with van der Waals surface area (Å²) in [6.45, 7) is 0.922. The Labute approximate surface area is 95.0 Å². The Balaban J connectivity index is 1.85. The van der Waals surface area contributed by atoms with Crippen LogP contribution in [0.2, 0.25) is 0 Å². The van der Waals surface area contributed by atoms with Gasteiger partial charge in [0, 0.05) is 6.54 Å². The lowest BCUT2D eigenvalue weighted by Gasteiger charge is -2.18. The first kappa shape index (κ1) is 10.6. The summed E-state index contributed by atoms with van der Waals surface area (Å²) in [4.78, 5) is 8.08. The van der Waals surface area contributed by atoms with E-state index in [-0.39, 0.29) is 0 Å². The lowest BCUT2D eigenvalue weighted by Crippen LogP contribution is -2.16. The summed E-state index contributed by atoms with van der Waals surface area (Å²) in [7, 11) is 0. The fraction of sp³-hybridized carbons (Fsp3) is 0.417. The van der Waals surface area contributed by atoms with Crippen molar-refractivity contribution >= 4 is 5.82 Å². The highest BCUT2D eigenvalue weighted by atomic mass is 15.0. The summed E-state index contributed by atoms with van der Waals surface area (Å²) in [5, 5.41) is 11.8. The number of rotatable bonds is 3. The van der Waals surface area contributed by atoms with Crippen molar-refractivity contribution in [1.82, 2.24) is 9.97 Å². The van der Waals surface area contributed by atoms with Gasteiger partial charge in [-0.15, -0.1) is 0 Å². The zero-order valence-corrected chi connectivity index (χ0v) is 9.06. The van der Waals surface area contributed by atoms with Gasteiger partial charge in [0.15, 0.2) is 5.69 Å². The molecule has 0 aromatic carbocycles. The number of anilines is 1. The smallest absolute Gasteiger partial charge is 0.158 e. The van der Waals surface area contributed by atoms with Crippen LogP contribution >= 0.6 is 0 Å². The molecule has 82 valence electrons. The van der Waals surface area contributed by atoms with Crippen LogP contribution in [0.3, 0.4) is 0 Å². The predicted octanol–water partition coefficient (Wildman–Crippen LogP) is 2.12. The molecule has 1 heterocycles. The Bertz CT molecular complexity index is 402. The molecule has 0 amide bonds. The molecule has 4 nitrogen and oxygen atoms in total. The van der Waals surface area contributed by atoms with E-state index >= 15 is 0 Å². The number of nitrogens with one attached hydrogen (secondary N) is 1. The van der Waals surface area contributed by atoms with Gasteiger partial charge in [0.2, 0.25) is 0 Å². The monoisotopic (exact) mass is 214 g/mol. The maximum atomic E-state index is 8.58. The summed E-state index contributed by atoms with van der Waals surface area (Å²) < 4.78 is 0. The van der Waals surface area contributed by atoms with Gasteiger partial charge in [-0.25, -0.2) is 9.97 Å². The Morgan fingerprint density at radius 3 is 2.94 bits per heavy atom. The second-order valence-corrected chi connectivity index (χ2v) is 3.93. The van der Waals surface area contributed by atoms with Gasteiger partial charge < -0.3 is 5.32 Å². The first-order valence-electron chi connectivity index (χ1n) is 5.49. The third-order valence-electron chi connectivity index (χ3n) is 2.72. The molecule has 0 saturated carbocycles. The fourth-order valence-electron chi connectivity index (χ4n) is 1.77. The molecule has 1 aromatic rings. The zero-order chi connectivity index (χ0) is 11.2. The third kappa shape index (κ3) is 2.80. The van der Waals surface area contributed by atoms with Crippen LogP contribution in [-0.2, 0) is 0 Å². The third-order valence-corrected chi connectivity index (χ3v) is 2.72. The van der Waals surface area contributed by atoms with E-state index in [2.05, 4.69) is 27.4 Å². The molecule has 0 saturated heterocycles. The molecule has 0 bridgehead atoms. The van der Waals surface area contributed by atoms with Crippen LogP contribution in [0.1, 0.15) is 25.0 Å². The van der Waals surface area contributed by atoms with Crippen molar-refractivity contribution in [2.45, 2.75) is 19.3 Å². The van der Waals surface area contributed by atoms with Crippen LogP contribution < -0.4 is 5.32 Å². The van der Waals surface area contributed by atoms with E-state index in [0.717, 1.165) is 18.8 Å². The normalized spacial score (nSPS) is 19.1. The van der Waals surface area contributed by atoms with E-state index in [1.165, 1.54) is 19.0 Å². The Kier molecular flexibility index (Phi) is 3.50. The summed E-state index contributed by atoms with van der Waals surface area (Å²) in [5.41, 5.74) is 0.353. The average Bonchev–Trinajstić information content (AvgIpc) is 2.38. The first-order chi connectivity index (χ1) is 7.88. The maximum absolute atomic E-state index is 8.58. The highest BCUT2D eigenvalue weighted by Gasteiger charge is 2.09. The van der Waals surface area contributed by atoms with E-state index in [0.29, 0.717) is 11.6 Å². The van der Waals surface area contributed by atoms with Crippen molar-refractivity contribution in [3.63, 3.8) is 0 Å². The van der Waals surface area contributed by atoms with Gasteiger partial charge in [-0.3, -0.25) is 0 Å². The van der Waals surface area contributed by atoms with Crippen molar-refractivity contribution in [2.24, 2.45) is 5.92 Å². The minimum absolute atomic E-state index is 0.353. The Morgan fingerprint density at radius 2 is 2.31 bits per heavy atom. The fourth-order valence-corrected chi connectivity index (χ4v) is 1.77. The van der Waals surface area contributed by atoms with Gasteiger partial charge in [-0.2, -0.15) is 5.26 Å². The number of nitrogens with zero attached hydrogens (tertiary/aromatic N) is 3. The SMILES string of the molecule is N#Cc1cnc(NCC2CC=CCC2)cn1. The molecular weight excluding hydrogens is 200 g/mol. The van der Waals surface area contributed by atoms with Crippen molar-refractivity contribution in [2.75, 3.05) is 11.9 Å². The molecule has 2 rings (SSSR count). The lowest BCUT2D eigenvalue weighted by atomic mass is 9.94. The second-order valence-electron chi connectivity index (χ2n) is 3.93.